The molecule has 2 aromatic heterocycles. The molecular weight excluding hydrogens is 440 g/mol. The molecule has 0 spiro atoms. The maximum Gasteiger partial charge on any atom is 0.251 e. The SMILES string of the molecule is CC(C)N1CCN(c2ccc(Nc3ncc(-c4ccc5c(c4)CNC5=O)n4ncnc34)cc2)CC1. The molecule has 2 aliphatic heterocycles. The van der Waals surface area contributed by atoms with E-state index in [0.29, 0.717) is 24.1 Å². The lowest BCUT2D eigenvalue weighted by atomic mass is 10.0. The zero-order valence-corrected chi connectivity index (χ0v) is 19.9. The number of carbonyl (C=O) groups is 1. The molecule has 2 aliphatic rings. The van der Waals surface area contributed by atoms with Gasteiger partial charge in [0, 0.05) is 61.3 Å². The van der Waals surface area contributed by atoms with E-state index >= 15 is 0 Å². The van der Waals surface area contributed by atoms with Crippen LogP contribution in [-0.4, -0.2) is 62.6 Å². The first-order valence-corrected chi connectivity index (χ1v) is 12.0. The molecule has 2 aromatic carbocycles. The highest BCUT2D eigenvalue weighted by Crippen LogP contribution is 2.28. The van der Waals surface area contributed by atoms with E-state index in [2.05, 4.69) is 73.6 Å². The number of amides is 1. The van der Waals surface area contributed by atoms with Crippen LogP contribution in [0.5, 0.6) is 0 Å². The Bertz CT molecular complexity index is 1390. The van der Waals surface area contributed by atoms with Crippen molar-refractivity contribution >= 4 is 28.7 Å². The predicted octanol–water partition coefficient (Wildman–Crippen LogP) is 3.31. The minimum atomic E-state index is -0.0287. The third-order valence-electron chi connectivity index (χ3n) is 6.93. The van der Waals surface area contributed by atoms with Gasteiger partial charge in [0.25, 0.3) is 5.91 Å². The van der Waals surface area contributed by atoms with Crippen molar-refractivity contribution in [3.05, 3.63) is 66.1 Å². The van der Waals surface area contributed by atoms with Crippen LogP contribution in [0.15, 0.2) is 55.0 Å². The largest absolute Gasteiger partial charge is 0.369 e. The molecule has 0 atom stereocenters. The highest BCUT2D eigenvalue weighted by molar-refractivity contribution is 5.98. The summed E-state index contributed by atoms with van der Waals surface area (Å²) in [6, 6.07) is 14.9. The van der Waals surface area contributed by atoms with E-state index in [1.54, 1.807) is 10.7 Å². The Hall–Kier alpha value is -3.98. The zero-order chi connectivity index (χ0) is 23.9. The summed E-state index contributed by atoms with van der Waals surface area (Å²) in [5, 5.41) is 10.7. The number of hydrogen-bond acceptors (Lipinski definition) is 7. The molecule has 0 unspecified atom stereocenters. The fourth-order valence-electron chi connectivity index (χ4n) is 4.88. The first-order chi connectivity index (χ1) is 17.1. The predicted molar refractivity (Wildman–Crippen MR) is 136 cm³/mol. The minimum Gasteiger partial charge on any atom is -0.369 e. The van der Waals surface area contributed by atoms with Gasteiger partial charge in [-0.3, -0.25) is 9.69 Å². The number of hydrogen-bond donors (Lipinski definition) is 2. The van der Waals surface area contributed by atoms with Crippen LogP contribution in [0.4, 0.5) is 17.2 Å². The van der Waals surface area contributed by atoms with Gasteiger partial charge in [0.15, 0.2) is 11.5 Å². The van der Waals surface area contributed by atoms with Gasteiger partial charge in [-0.1, -0.05) is 6.07 Å². The fraction of sp³-hybridized carbons (Fsp3) is 0.308. The molecule has 9 nitrogen and oxygen atoms in total. The Morgan fingerprint density at radius 1 is 1.00 bits per heavy atom. The molecule has 9 heteroatoms. The van der Waals surface area contributed by atoms with Crippen molar-refractivity contribution in [1.82, 2.24) is 29.8 Å². The summed E-state index contributed by atoms with van der Waals surface area (Å²) in [5.41, 5.74) is 6.29. The first-order valence-electron chi connectivity index (χ1n) is 12.0. The molecule has 35 heavy (non-hydrogen) atoms. The van der Waals surface area contributed by atoms with Crippen LogP contribution < -0.4 is 15.5 Å². The topological polar surface area (TPSA) is 90.7 Å². The quantitative estimate of drug-likeness (QED) is 0.464. The van der Waals surface area contributed by atoms with Gasteiger partial charge in [-0.2, -0.15) is 5.10 Å². The van der Waals surface area contributed by atoms with Crippen molar-refractivity contribution < 1.29 is 4.79 Å². The lowest BCUT2D eigenvalue weighted by molar-refractivity contribution is 0.0965. The van der Waals surface area contributed by atoms with Crippen molar-refractivity contribution in [1.29, 1.82) is 0 Å². The van der Waals surface area contributed by atoms with Crippen LogP contribution in [0.1, 0.15) is 29.8 Å². The number of fused-ring (bicyclic) bond motifs is 2. The van der Waals surface area contributed by atoms with Crippen LogP contribution in [-0.2, 0) is 6.54 Å². The molecule has 2 N–H and O–H groups in total. The summed E-state index contributed by atoms with van der Waals surface area (Å²) >= 11 is 0. The van der Waals surface area contributed by atoms with Crippen LogP contribution in [0.2, 0.25) is 0 Å². The van der Waals surface area contributed by atoms with Crippen LogP contribution in [0, 0.1) is 0 Å². The third kappa shape index (κ3) is 3.97. The zero-order valence-electron chi connectivity index (χ0n) is 19.9. The molecule has 4 heterocycles. The normalized spacial score (nSPS) is 16.1. The Balaban J connectivity index is 1.22. The van der Waals surface area contributed by atoms with E-state index in [1.165, 1.54) is 12.0 Å². The molecule has 0 bridgehead atoms. The lowest BCUT2D eigenvalue weighted by Crippen LogP contribution is -2.48. The summed E-state index contributed by atoms with van der Waals surface area (Å²) < 4.78 is 1.78. The minimum absolute atomic E-state index is 0.0287. The first kappa shape index (κ1) is 21.5. The molecule has 0 saturated carbocycles. The number of rotatable bonds is 5. The molecule has 1 saturated heterocycles. The van der Waals surface area contributed by atoms with Crippen molar-refractivity contribution in [2.24, 2.45) is 0 Å². The standard InChI is InChI=1S/C26H28N8O/c1-17(2)32-9-11-33(12-10-32)21-6-4-20(5-7-21)31-24-25-29-16-30-34(25)23(15-27-24)18-3-8-22-19(13-18)14-28-26(22)35/h3-8,13,15-17H,9-12,14H2,1-2H3,(H,27,31)(H,28,35). The van der Waals surface area contributed by atoms with E-state index in [9.17, 15) is 4.79 Å². The number of nitrogens with one attached hydrogen (secondary N) is 2. The number of anilines is 3. The molecule has 1 fully saturated rings. The maximum absolute atomic E-state index is 11.9. The van der Waals surface area contributed by atoms with Gasteiger partial charge in [-0.25, -0.2) is 14.5 Å². The van der Waals surface area contributed by atoms with E-state index in [-0.39, 0.29) is 5.91 Å². The van der Waals surface area contributed by atoms with E-state index in [1.807, 2.05) is 18.2 Å². The van der Waals surface area contributed by atoms with E-state index in [0.717, 1.165) is 54.3 Å². The molecule has 178 valence electrons. The average Bonchev–Trinajstić information content (AvgIpc) is 3.52. The van der Waals surface area contributed by atoms with E-state index in [4.69, 9.17) is 0 Å². The van der Waals surface area contributed by atoms with Gasteiger partial charge in [-0.15, -0.1) is 0 Å². The summed E-state index contributed by atoms with van der Waals surface area (Å²) in [6.07, 6.45) is 3.32. The molecular formula is C26H28N8O. The molecule has 4 aromatic rings. The lowest BCUT2D eigenvalue weighted by Gasteiger charge is -2.38. The van der Waals surface area contributed by atoms with Crippen molar-refractivity contribution in [2.45, 2.75) is 26.4 Å². The van der Waals surface area contributed by atoms with Crippen molar-refractivity contribution in [3.8, 4) is 11.3 Å². The Kier molecular flexibility index (Phi) is 5.33. The second-order valence-corrected chi connectivity index (χ2v) is 9.33. The molecule has 0 aliphatic carbocycles. The molecule has 6 rings (SSSR count). The van der Waals surface area contributed by atoms with Crippen molar-refractivity contribution in [3.63, 3.8) is 0 Å². The highest BCUT2D eigenvalue weighted by atomic mass is 16.1. The Morgan fingerprint density at radius 3 is 2.57 bits per heavy atom. The monoisotopic (exact) mass is 468 g/mol. The number of benzene rings is 2. The molecule has 0 radical (unpaired) electrons. The van der Waals surface area contributed by atoms with E-state index < -0.39 is 0 Å². The van der Waals surface area contributed by atoms with Gasteiger partial charge in [0.05, 0.1) is 11.9 Å². The summed E-state index contributed by atoms with van der Waals surface area (Å²) in [7, 11) is 0. The average molecular weight is 469 g/mol. The molecule has 1 amide bonds. The van der Waals surface area contributed by atoms with Crippen molar-refractivity contribution in [2.75, 3.05) is 36.4 Å². The summed E-state index contributed by atoms with van der Waals surface area (Å²) in [4.78, 5) is 26.0. The third-order valence-corrected chi connectivity index (χ3v) is 6.93. The van der Waals surface area contributed by atoms with Gasteiger partial charge in [0.1, 0.15) is 6.33 Å². The number of piperazine rings is 1. The second-order valence-electron chi connectivity index (χ2n) is 9.33. The van der Waals surface area contributed by atoms with Crippen LogP contribution in [0.25, 0.3) is 16.9 Å². The number of carbonyl (C=O) groups excluding carboxylic acids is 1. The highest BCUT2D eigenvalue weighted by Gasteiger charge is 2.21. The van der Waals surface area contributed by atoms with Crippen LogP contribution in [0.3, 0.4) is 0 Å². The Morgan fingerprint density at radius 2 is 1.80 bits per heavy atom. The summed E-state index contributed by atoms with van der Waals surface area (Å²) in [5.74, 6) is 0.613. The van der Waals surface area contributed by atoms with Gasteiger partial charge >= 0.3 is 0 Å². The number of aromatic nitrogens is 4. The van der Waals surface area contributed by atoms with Gasteiger partial charge < -0.3 is 15.5 Å². The number of nitrogens with zero attached hydrogens (tertiary/aromatic N) is 6. The van der Waals surface area contributed by atoms with Gasteiger partial charge in [-0.05, 0) is 55.8 Å². The second kappa shape index (κ2) is 8.66. The summed E-state index contributed by atoms with van der Waals surface area (Å²) in [6.45, 7) is 9.33. The fourth-order valence-corrected chi connectivity index (χ4v) is 4.88. The smallest absolute Gasteiger partial charge is 0.251 e. The Labute approximate surface area is 203 Å². The maximum atomic E-state index is 11.9. The van der Waals surface area contributed by atoms with Gasteiger partial charge in [0.2, 0.25) is 0 Å². The van der Waals surface area contributed by atoms with Crippen LogP contribution >= 0.6 is 0 Å².